The van der Waals surface area contributed by atoms with Crippen molar-refractivity contribution in [2.24, 2.45) is 0 Å². The quantitative estimate of drug-likeness (QED) is 0.656. The number of anilines is 1. The van der Waals surface area contributed by atoms with Crippen LogP contribution >= 0.6 is 0 Å². The van der Waals surface area contributed by atoms with E-state index < -0.39 is 0 Å². The van der Waals surface area contributed by atoms with Gasteiger partial charge in [0.15, 0.2) is 17.3 Å². The van der Waals surface area contributed by atoms with Gasteiger partial charge in [0.1, 0.15) is 0 Å². The number of nitrogens with zero attached hydrogens (tertiary/aromatic N) is 4. The molecule has 1 aliphatic heterocycles. The molecule has 1 amide bonds. The summed E-state index contributed by atoms with van der Waals surface area (Å²) in [5.74, 6) is 1.50. The molecule has 1 aliphatic rings. The Morgan fingerprint density at radius 3 is 2.89 bits per heavy atom. The Kier molecular flexibility index (Phi) is 4.60. The molecule has 28 heavy (non-hydrogen) atoms. The maximum atomic E-state index is 12.6. The van der Waals surface area contributed by atoms with Crippen LogP contribution in [0.5, 0.6) is 11.5 Å². The van der Waals surface area contributed by atoms with E-state index in [1.165, 1.54) is 11.5 Å². The summed E-state index contributed by atoms with van der Waals surface area (Å²) in [5, 5.41) is 9.50. The van der Waals surface area contributed by atoms with Gasteiger partial charge in [-0.05, 0) is 24.6 Å². The largest absolute Gasteiger partial charge is 0.493 e. The number of hydrogen-bond acceptors (Lipinski definition) is 7. The molecule has 0 saturated carbocycles. The molecule has 10 heteroatoms. The van der Waals surface area contributed by atoms with Crippen molar-refractivity contribution in [1.82, 2.24) is 24.9 Å². The topological polar surface area (TPSA) is 114 Å². The molecule has 0 spiro atoms. The van der Waals surface area contributed by atoms with Crippen molar-refractivity contribution in [3.05, 3.63) is 46.6 Å². The van der Waals surface area contributed by atoms with E-state index in [1.807, 2.05) is 4.90 Å². The van der Waals surface area contributed by atoms with Crippen molar-refractivity contribution in [2.45, 2.75) is 12.5 Å². The molecule has 4 rings (SSSR count). The van der Waals surface area contributed by atoms with E-state index in [0.29, 0.717) is 41.6 Å². The maximum absolute atomic E-state index is 12.6. The van der Waals surface area contributed by atoms with Gasteiger partial charge in [-0.25, -0.2) is 19.3 Å². The van der Waals surface area contributed by atoms with Gasteiger partial charge in [0.25, 0.3) is 5.91 Å². The van der Waals surface area contributed by atoms with Crippen LogP contribution in [0, 0.1) is 0 Å². The third-order valence-corrected chi connectivity index (χ3v) is 4.79. The van der Waals surface area contributed by atoms with E-state index in [1.54, 1.807) is 37.7 Å². The molecule has 1 unspecified atom stereocenters. The van der Waals surface area contributed by atoms with E-state index in [-0.39, 0.29) is 17.6 Å². The zero-order valence-electron chi connectivity index (χ0n) is 15.5. The summed E-state index contributed by atoms with van der Waals surface area (Å²) in [6.07, 6.45) is 3.89. The molecule has 1 fully saturated rings. The van der Waals surface area contributed by atoms with Crippen LogP contribution in [0.1, 0.15) is 16.8 Å². The fourth-order valence-corrected chi connectivity index (χ4v) is 3.37. The van der Waals surface area contributed by atoms with Crippen molar-refractivity contribution in [3.8, 4) is 11.5 Å². The first-order valence-electron chi connectivity index (χ1n) is 8.80. The van der Waals surface area contributed by atoms with Crippen LogP contribution in [0.4, 0.5) is 5.82 Å². The molecule has 10 nitrogen and oxygen atoms in total. The van der Waals surface area contributed by atoms with Gasteiger partial charge in [0.2, 0.25) is 5.65 Å². The predicted molar refractivity (Wildman–Crippen MR) is 101 cm³/mol. The summed E-state index contributed by atoms with van der Waals surface area (Å²) in [5.41, 5.74) is 0.658. The average molecular weight is 384 g/mol. The third kappa shape index (κ3) is 3.13. The Morgan fingerprint density at radius 2 is 2.11 bits per heavy atom. The molecule has 0 radical (unpaired) electrons. The number of ether oxygens (including phenoxy) is 2. The Labute approximate surface area is 160 Å². The fraction of sp³-hybridized carbons (Fsp3) is 0.333. The third-order valence-electron chi connectivity index (χ3n) is 4.79. The fourth-order valence-electron chi connectivity index (χ4n) is 3.37. The minimum atomic E-state index is -0.309. The van der Waals surface area contributed by atoms with Crippen LogP contribution in [-0.2, 0) is 0 Å². The van der Waals surface area contributed by atoms with Gasteiger partial charge in [-0.3, -0.25) is 4.79 Å². The molecular formula is C18H20N6O4. The number of aromatic amines is 1. The summed E-state index contributed by atoms with van der Waals surface area (Å²) in [4.78, 5) is 30.7. The Morgan fingerprint density at radius 1 is 1.29 bits per heavy atom. The van der Waals surface area contributed by atoms with Gasteiger partial charge in [-0.15, -0.1) is 5.10 Å². The summed E-state index contributed by atoms with van der Waals surface area (Å²) < 4.78 is 11.9. The van der Waals surface area contributed by atoms with Gasteiger partial charge in [0.05, 0.1) is 14.2 Å². The molecule has 3 heterocycles. The standard InChI is InChI=1S/C18H20N6O4/c1-27-13-4-3-11(9-14(13)28-2)17(25)20-12-5-7-23(10-12)15-16-21-22-18(26)24(16)8-6-19-15/h3-4,6,8-9,12H,5,7,10H2,1-2H3,(H,20,25)(H,22,26). The highest BCUT2D eigenvalue weighted by molar-refractivity contribution is 5.95. The predicted octanol–water partition coefficient (Wildman–Crippen LogP) is 0.444. The van der Waals surface area contributed by atoms with Gasteiger partial charge >= 0.3 is 5.69 Å². The van der Waals surface area contributed by atoms with Crippen LogP contribution in [0.2, 0.25) is 0 Å². The van der Waals surface area contributed by atoms with E-state index >= 15 is 0 Å². The SMILES string of the molecule is COc1ccc(C(=O)NC2CCN(c3nccn4c(=O)[nH]nc34)C2)cc1OC. The number of nitrogens with one attached hydrogen (secondary N) is 2. The van der Waals surface area contributed by atoms with Crippen molar-refractivity contribution in [1.29, 1.82) is 0 Å². The van der Waals surface area contributed by atoms with Crippen LogP contribution < -0.4 is 25.4 Å². The second kappa shape index (κ2) is 7.22. The van der Waals surface area contributed by atoms with Gasteiger partial charge < -0.3 is 19.7 Å². The van der Waals surface area contributed by atoms with E-state index in [2.05, 4.69) is 20.5 Å². The Bertz CT molecular complexity index is 1080. The number of methoxy groups -OCH3 is 2. The van der Waals surface area contributed by atoms with Gasteiger partial charge in [-0.2, -0.15) is 0 Å². The number of rotatable bonds is 5. The smallest absolute Gasteiger partial charge is 0.347 e. The van der Waals surface area contributed by atoms with Crippen molar-refractivity contribution in [2.75, 3.05) is 32.2 Å². The highest BCUT2D eigenvalue weighted by Gasteiger charge is 2.27. The molecular weight excluding hydrogens is 364 g/mol. The number of carbonyl (C=O) groups is 1. The Hall–Kier alpha value is -3.56. The lowest BCUT2D eigenvalue weighted by Crippen LogP contribution is -2.37. The first-order valence-corrected chi connectivity index (χ1v) is 8.80. The summed E-state index contributed by atoms with van der Waals surface area (Å²) in [7, 11) is 3.08. The number of fused-ring (bicyclic) bond motifs is 1. The summed E-state index contributed by atoms with van der Waals surface area (Å²) in [6.45, 7) is 1.28. The van der Waals surface area contributed by atoms with Crippen LogP contribution in [0.3, 0.4) is 0 Å². The number of benzene rings is 1. The molecule has 1 atom stereocenters. The van der Waals surface area contributed by atoms with E-state index in [0.717, 1.165) is 6.42 Å². The lowest BCUT2D eigenvalue weighted by molar-refractivity contribution is 0.0940. The average Bonchev–Trinajstić information content (AvgIpc) is 3.34. The molecule has 0 bridgehead atoms. The molecule has 1 saturated heterocycles. The minimum Gasteiger partial charge on any atom is -0.493 e. The molecule has 1 aromatic carbocycles. The van der Waals surface area contributed by atoms with E-state index in [4.69, 9.17) is 9.47 Å². The molecule has 146 valence electrons. The number of aromatic nitrogens is 4. The zero-order valence-corrected chi connectivity index (χ0v) is 15.5. The molecule has 2 N–H and O–H groups in total. The van der Waals surface area contributed by atoms with Crippen molar-refractivity contribution < 1.29 is 14.3 Å². The first kappa shape index (κ1) is 17.8. The van der Waals surface area contributed by atoms with Crippen LogP contribution in [-0.4, -0.2) is 58.8 Å². The van der Waals surface area contributed by atoms with Crippen LogP contribution in [0.25, 0.3) is 5.65 Å². The number of amides is 1. The molecule has 2 aromatic heterocycles. The number of carbonyl (C=O) groups excluding carboxylic acids is 1. The second-order valence-electron chi connectivity index (χ2n) is 6.45. The second-order valence-corrected chi connectivity index (χ2v) is 6.45. The summed E-state index contributed by atoms with van der Waals surface area (Å²) in [6, 6.07) is 5.00. The zero-order chi connectivity index (χ0) is 19.7. The monoisotopic (exact) mass is 384 g/mol. The van der Waals surface area contributed by atoms with E-state index in [9.17, 15) is 9.59 Å². The lowest BCUT2D eigenvalue weighted by Gasteiger charge is -2.18. The number of hydrogen-bond donors (Lipinski definition) is 2. The minimum absolute atomic E-state index is 0.0479. The molecule has 3 aromatic rings. The van der Waals surface area contributed by atoms with Crippen LogP contribution in [0.15, 0.2) is 35.4 Å². The number of H-pyrrole nitrogens is 1. The van der Waals surface area contributed by atoms with Gasteiger partial charge in [0, 0.05) is 37.1 Å². The molecule has 0 aliphatic carbocycles. The maximum Gasteiger partial charge on any atom is 0.347 e. The van der Waals surface area contributed by atoms with Crippen molar-refractivity contribution >= 4 is 17.4 Å². The van der Waals surface area contributed by atoms with Gasteiger partial charge in [-0.1, -0.05) is 0 Å². The summed E-state index contributed by atoms with van der Waals surface area (Å²) >= 11 is 0. The first-order chi connectivity index (χ1) is 13.6. The highest BCUT2D eigenvalue weighted by atomic mass is 16.5. The normalized spacial score (nSPS) is 16.4. The Balaban J connectivity index is 1.47. The van der Waals surface area contributed by atoms with Crippen molar-refractivity contribution in [3.63, 3.8) is 0 Å². The lowest BCUT2D eigenvalue weighted by atomic mass is 10.1. The highest BCUT2D eigenvalue weighted by Crippen LogP contribution is 2.28.